The van der Waals surface area contributed by atoms with E-state index in [2.05, 4.69) is 44.3 Å². The fourth-order valence-corrected chi connectivity index (χ4v) is 6.73. The number of aromatic nitrogens is 2. The number of nitrogens with zero attached hydrogens (tertiary/aromatic N) is 5. The SMILES string of the molecule is C=C1CC(C=Nc2cc(OCCCC(=O)N/C(C)=C/N(C)C(=C)C(=O)Nc3ccc(-c4cc(C=O)n(C)c4)cc3)c(OC)cc2C=O)N(C)C1.Cn1ccc2cc(N)ccc21. The van der Waals surface area contributed by atoms with Crippen LogP contribution in [0.4, 0.5) is 17.1 Å². The van der Waals surface area contributed by atoms with Crippen molar-refractivity contribution in [3.63, 3.8) is 0 Å². The summed E-state index contributed by atoms with van der Waals surface area (Å²) in [7, 11) is 8.99. The molecule has 1 unspecified atom stereocenters. The third kappa shape index (κ3) is 12.0. The van der Waals surface area contributed by atoms with Gasteiger partial charge in [-0.3, -0.25) is 29.1 Å². The fourth-order valence-electron chi connectivity index (χ4n) is 6.73. The summed E-state index contributed by atoms with van der Waals surface area (Å²) in [6.07, 6.45) is 10.3. The highest BCUT2D eigenvalue weighted by molar-refractivity contribution is 6.03. The molecule has 4 N–H and O–H groups in total. The van der Waals surface area contributed by atoms with Crippen molar-refractivity contribution in [1.29, 1.82) is 0 Å². The highest BCUT2D eigenvalue weighted by Crippen LogP contribution is 2.35. The van der Waals surface area contributed by atoms with Crippen molar-refractivity contribution in [2.24, 2.45) is 19.1 Å². The number of likely N-dealkylation sites (tertiary alicyclic amines) is 1. The standard InChI is InChI=1S/C38H44N6O6.C9H10N2/c1-25-15-32(43(5)20-25)19-39-34-18-36(35(49-7)17-30(34)23-45)50-14-8-9-37(47)40-26(2)21-42(4)27(3)38(48)41-31-12-10-28(11-13-31)29-16-33(24-46)44(6)22-29;1-11-5-4-7-6-8(10)2-3-9(7)11/h10-13,16-19,21-24,32H,1,3,8-9,14-15,20H2,2,4-7H3,(H,40,47)(H,41,48);2-6H,10H2,1H3/b26-21+,39-19?;. The molecule has 0 bridgehead atoms. The van der Waals surface area contributed by atoms with Crippen LogP contribution in [0.1, 0.15) is 47.0 Å². The second-order valence-electron chi connectivity index (χ2n) is 14.9. The van der Waals surface area contributed by atoms with Crippen LogP contribution in [0.5, 0.6) is 11.5 Å². The van der Waals surface area contributed by atoms with Crippen LogP contribution in [-0.2, 0) is 23.7 Å². The number of aliphatic imine (C=N–C) groups is 1. The van der Waals surface area contributed by atoms with Crippen molar-refractivity contribution in [2.75, 3.05) is 45.4 Å². The van der Waals surface area contributed by atoms with E-state index in [0.29, 0.717) is 46.2 Å². The lowest BCUT2D eigenvalue weighted by atomic mass is 10.1. The number of carbonyl (C=O) groups is 4. The third-order valence-corrected chi connectivity index (χ3v) is 10.1. The highest BCUT2D eigenvalue weighted by Gasteiger charge is 2.22. The van der Waals surface area contributed by atoms with E-state index < -0.39 is 5.91 Å². The smallest absolute Gasteiger partial charge is 0.271 e. The number of nitrogens with two attached hydrogens (primary N) is 1. The molecule has 14 heteroatoms. The van der Waals surface area contributed by atoms with E-state index in [1.807, 2.05) is 63.0 Å². The van der Waals surface area contributed by atoms with Gasteiger partial charge in [-0.15, -0.1) is 0 Å². The van der Waals surface area contributed by atoms with E-state index in [4.69, 9.17) is 15.2 Å². The number of rotatable bonds is 16. The minimum Gasteiger partial charge on any atom is -0.493 e. The molecule has 0 saturated carbocycles. The number of carbonyl (C=O) groups excluding carboxylic acids is 4. The number of ether oxygens (including phenoxy) is 2. The van der Waals surface area contributed by atoms with Gasteiger partial charge < -0.3 is 39.9 Å². The predicted molar refractivity (Wildman–Crippen MR) is 242 cm³/mol. The van der Waals surface area contributed by atoms with Gasteiger partial charge in [0.15, 0.2) is 24.1 Å². The van der Waals surface area contributed by atoms with E-state index in [1.54, 1.807) is 62.1 Å². The Hall–Kier alpha value is -7.19. The summed E-state index contributed by atoms with van der Waals surface area (Å²) in [6, 6.07) is 20.4. The van der Waals surface area contributed by atoms with Crippen LogP contribution in [0.2, 0.25) is 0 Å². The molecule has 5 aromatic rings. The van der Waals surface area contributed by atoms with Gasteiger partial charge in [0, 0.05) is 110 Å². The molecule has 14 nitrogen and oxygen atoms in total. The minimum atomic E-state index is -0.405. The predicted octanol–water partition coefficient (Wildman–Crippen LogP) is 7.27. The number of aldehydes is 2. The Morgan fingerprint density at radius 3 is 2.39 bits per heavy atom. The Bertz CT molecular complexity index is 2480. The van der Waals surface area contributed by atoms with Gasteiger partial charge in [-0.1, -0.05) is 30.9 Å². The number of methoxy groups -OCH3 is 1. The van der Waals surface area contributed by atoms with Crippen LogP contribution < -0.4 is 25.8 Å². The highest BCUT2D eigenvalue weighted by atomic mass is 16.5. The monoisotopic (exact) mass is 826 g/mol. The van der Waals surface area contributed by atoms with E-state index in [1.165, 1.54) is 22.9 Å². The number of aryl methyl sites for hydroxylation is 2. The molecule has 1 atom stereocenters. The summed E-state index contributed by atoms with van der Waals surface area (Å²) in [4.78, 5) is 56.6. The molecule has 3 aromatic carbocycles. The number of likely N-dealkylation sites (N-methyl/N-ethyl adjacent to an activating group) is 2. The Morgan fingerprint density at radius 1 is 0.984 bits per heavy atom. The Kier molecular flexibility index (Phi) is 15.2. The second kappa shape index (κ2) is 20.7. The van der Waals surface area contributed by atoms with Gasteiger partial charge in [-0.2, -0.15) is 0 Å². The van der Waals surface area contributed by atoms with Gasteiger partial charge in [0.2, 0.25) is 5.91 Å². The summed E-state index contributed by atoms with van der Waals surface area (Å²) in [6.45, 7) is 10.7. The zero-order chi connectivity index (χ0) is 44.2. The lowest BCUT2D eigenvalue weighted by molar-refractivity contribution is -0.120. The molecule has 1 fully saturated rings. The molecule has 2 aromatic heterocycles. The Labute approximate surface area is 356 Å². The van der Waals surface area contributed by atoms with Crippen LogP contribution in [-0.4, -0.2) is 89.9 Å². The number of allylic oxidation sites excluding steroid dienone is 1. The van der Waals surface area contributed by atoms with E-state index in [9.17, 15) is 19.2 Å². The van der Waals surface area contributed by atoms with Crippen molar-refractivity contribution in [1.82, 2.24) is 24.3 Å². The Morgan fingerprint density at radius 2 is 1.74 bits per heavy atom. The maximum Gasteiger partial charge on any atom is 0.271 e. The molecule has 6 rings (SSSR count). The summed E-state index contributed by atoms with van der Waals surface area (Å²) < 4.78 is 15.2. The zero-order valence-electron chi connectivity index (χ0n) is 35.6. The van der Waals surface area contributed by atoms with Crippen LogP contribution in [0.15, 0.2) is 120 Å². The maximum absolute atomic E-state index is 12.9. The largest absolute Gasteiger partial charge is 0.493 e. The first kappa shape index (κ1) is 44.9. The number of benzene rings is 3. The number of hydrogen-bond donors (Lipinski definition) is 3. The van der Waals surface area contributed by atoms with Gasteiger partial charge in [0.05, 0.1) is 30.8 Å². The maximum atomic E-state index is 12.9. The molecule has 318 valence electrons. The number of anilines is 2. The van der Waals surface area contributed by atoms with Crippen molar-refractivity contribution < 1.29 is 28.7 Å². The van der Waals surface area contributed by atoms with Crippen molar-refractivity contribution in [3.8, 4) is 22.6 Å². The van der Waals surface area contributed by atoms with Gasteiger partial charge in [0.25, 0.3) is 5.91 Å². The van der Waals surface area contributed by atoms with Gasteiger partial charge in [0.1, 0.15) is 0 Å². The Balaban J connectivity index is 0.000000548. The van der Waals surface area contributed by atoms with Gasteiger partial charge in [-0.25, -0.2) is 0 Å². The second-order valence-corrected chi connectivity index (χ2v) is 14.9. The molecular weight excluding hydrogens is 773 g/mol. The first-order valence-electron chi connectivity index (χ1n) is 19.6. The lowest BCUT2D eigenvalue weighted by Crippen LogP contribution is -2.27. The number of amides is 2. The van der Waals surface area contributed by atoms with Gasteiger partial charge >= 0.3 is 0 Å². The van der Waals surface area contributed by atoms with Crippen LogP contribution in [0, 0.1) is 0 Å². The molecule has 2 amide bonds. The number of nitrogens with one attached hydrogen (secondary N) is 2. The number of nitrogen functional groups attached to an aromatic ring is 1. The molecule has 61 heavy (non-hydrogen) atoms. The van der Waals surface area contributed by atoms with Crippen molar-refractivity contribution >= 4 is 58.6 Å². The molecule has 1 aliphatic rings. The molecule has 0 aliphatic carbocycles. The summed E-state index contributed by atoms with van der Waals surface area (Å²) in [5, 5.41) is 6.84. The average molecular weight is 827 g/mol. The quantitative estimate of drug-likeness (QED) is 0.0232. The first-order chi connectivity index (χ1) is 29.2. The average Bonchev–Trinajstić information content (AvgIpc) is 3.91. The van der Waals surface area contributed by atoms with E-state index in [0.717, 1.165) is 47.9 Å². The minimum absolute atomic E-state index is 0.101. The molecular formula is C47H54N8O6. The van der Waals surface area contributed by atoms with E-state index >= 15 is 0 Å². The zero-order valence-corrected chi connectivity index (χ0v) is 35.6. The lowest BCUT2D eigenvalue weighted by Gasteiger charge is -2.18. The first-order valence-corrected chi connectivity index (χ1v) is 19.6. The number of hydrogen-bond acceptors (Lipinski definition) is 10. The molecule has 0 spiro atoms. The van der Waals surface area contributed by atoms with Crippen LogP contribution in [0.3, 0.4) is 0 Å². The summed E-state index contributed by atoms with van der Waals surface area (Å²) in [5.74, 6) is 0.189. The van der Waals surface area contributed by atoms with Crippen LogP contribution in [0.25, 0.3) is 22.0 Å². The van der Waals surface area contributed by atoms with E-state index in [-0.39, 0.29) is 30.7 Å². The van der Waals surface area contributed by atoms with Gasteiger partial charge in [-0.05, 0) is 80.9 Å². The fraction of sp³-hybridized carbons (Fsp3) is 0.255. The number of fused-ring (bicyclic) bond motifs is 1. The summed E-state index contributed by atoms with van der Waals surface area (Å²) >= 11 is 0. The molecule has 1 saturated heterocycles. The topological polar surface area (TPSA) is 166 Å². The molecule has 3 heterocycles. The third-order valence-electron chi connectivity index (χ3n) is 10.1. The molecule has 0 radical (unpaired) electrons. The van der Waals surface area contributed by atoms with Crippen molar-refractivity contribution in [3.05, 3.63) is 127 Å². The summed E-state index contributed by atoms with van der Waals surface area (Å²) in [5.41, 5.74) is 13.3. The molecule has 1 aliphatic heterocycles. The van der Waals surface area contributed by atoms with Crippen molar-refractivity contribution in [2.45, 2.75) is 32.2 Å². The van der Waals surface area contributed by atoms with Crippen LogP contribution >= 0.6 is 0 Å². The normalized spacial score (nSPS) is 14.0.